The van der Waals surface area contributed by atoms with Crippen molar-refractivity contribution in [3.05, 3.63) is 59.9 Å². The van der Waals surface area contributed by atoms with Gasteiger partial charge in [0.1, 0.15) is 6.54 Å². The van der Waals surface area contributed by atoms with Gasteiger partial charge in [-0.1, -0.05) is 147 Å². The number of ether oxygens (including phenoxy) is 4. The number of unbranched alkanes of at least 4 members (excludes halogenated alkanes) is 19. The standard InChI is InChI=1S/C45H75N2O4/c1-2-3-4-5-6-7-8-9-10-11-12-13-14-15-16-17-18-19-20-21-30-46-31-28-44(29-32-46)23-22-43-24-26-45(27-25-43)47-33-35-48-37-39-50-41-42-51-40-38-49-36-34-47/h22-29,31-32H,2-21,30,33-42H2,1H3/q+1. The molecule has 2 heterocycles. The van der Waals surface area contributed by atoms with Crippen molar-refractivity contribution in [2.24, 2.45) is 0 Å². The van der Waals surface area contributed by atoms with Gasteiger partial charge in [-0.25, -0.2) is 4.57 Å². The lowest BCUT2D eigenvalue weighted by Crippen LogP contribution is -2.32. The molecule has 1 fully saturated rings. The lowest BCUT2D eigenvalue weighted by Gasteiger charge is -2.25. The second-order valence-electron chi connectivity index (χ2n) is 14.4. The summed E-state index contributed by atoms with van der Waals surface area (Å²) in [7, 11) is 0. The maximum atomic E-state index is 5.80. The molecule has 1 aliphatic heterocycles. The molecule has 0 amide bonds. The summed E-state index contributed by atoms with van der Waals surface area (Å²) < 4.78 is 25.0. The van der Waals surface area contributed by atoms with Crippen molar-refractivity contribution in [1.29, 1.82) is 0 Å². The van der Waals surface area contributed by atoms with E-state index >= 15 is 0 Å². The van der Waals surface area contributed by atoms with E-state index in [2.05, 4.69) is 77.3 Å². The van der Waals surface area contributed by atoms with E-state index in [1.807, 2.05) is 0 Å². The summed E-state index contributed by atoms with van der Waals surface area (Å²) in [6.07, 6.45) is 37.4. The number of hydrogen-bond donors (Lipinski definition) is 0. The summed E-state index contributed by atoms with van der Waals surface area (Å²) in [6, 6.07) is 13.2. The van der Waals surface area contributed by atoms with Crippen LogP contribution in [0.2, 0.25) is 0 Å². The van der Waals surface area contributed by atoms with Gasteiger partial charge in [0.05, 0.1) is 52.9 Å². The second kappa shape index (κ2) is 31.3. The molecule has 3 rings (SSSR count). The normalized spacial score (nSPS) is 15.6. The van der Waals surface area contributed by atoms with Crippen molar-refractivity contribution in [3.8, 4) is 0 Å². The largest absolute Gasteiger partial charge is 0.377 e. The van der Waals surface area contributed by atoms with E-state index in [4.69, 9.17) is 18.9 Å². The highest BCUT2D eigenvalue weighted by Gasteiger charge is 2.08. The molecule has 0 saturated carbocycles. The Hall–Kier alpha value is -2.25. The molecule has 0 atom stereocenters. The maximum absolute atomic E-state index is 5.80. The highest BCUT2D eigenvalue weighted by molar-refractivity contribution is 5.70. The molecule has 1 aromatic carbocycles. The van der Waals surface area contributed by atoms with Crippen molar-refractivity contribution >= 4 is 17.8 Å². The monoisotopic (exact) mass is 708 g/mol. The summed E-state index contributed by atoms with van der Waals surface area (Å²) in [6.45, 7) is 9.97. The van der Waals surface area contributed by atoms with E-state index < -0.39 is 0 Å². The highest BCUT2D eigenvalue weighted by Crippen LogP contribution is 2.18. The summed E-state index contributed by atoms with van der Waals surface area (Å²) in [5, 5.41) is 0. The Morgan fingerprint density at radius 3 is 1.22 bits per heavy atom. The zero-order chi connectivity index (χ0) is 35.7. The quantitative estimate of drug-likeness (QED) is 0.0803. The molecule has 288 valence electrons. The molecule has 1 aliphatic rings. The molecule has 6 heteroatoms. The minimum Gasteiger partial charge on any atom is -0.377 e. The van der Waals surface area contributed by atoms with Gasteiger partial charge in [0.2, 0.25) is 0 Å². The first-order chi connectivity index (χ1) is 25.3. The number of aromatic nitrogens is 1. The first-order valence-corrected chi connectivity index (χ1v) is 21.2. The van der Waals surface area contributed by atoms with Crippen LogP contribution >= 0.6 is 0 Å². The maximum Gasteiger partial charge on any atom is 0.169 e. The average Bonchev–Trinajstić information content (AvgIpc) is 3.17. The van der Waals surface area contributed by atoms with Gasteiger partial charge < -0.3 is 23.8 Å². The van der Waals surface area contributed by atoms with Crippen LogP contribution in [0.4, 0.5) is 5.69 Å². The number of benzene rings is 1. The van der Waals surface area contributed by atoms with E-state index in [0.29, 0.717) is 52.9 Å². The van der Waals surface area contributed by atoms with Gasteiger partial charge in [-0.2, -0.15) is 0 Å². The van der Waals surface area contributed by atoms with E-state index in [-0.39, 0.29) is 0 Å². The van der Waals surface area contributed by atoms with Gasteiger partial charge in [0.25, 0.3) is 0 Å². The first-order valence-electron chi connectivity index (χ1n) is 21.2. The van der Waals surface area contributed by atoms with Crippen molar-refractivity contribution < 1.29 is 23.5 Å². The summed E-state index contributed by atoms with van der Waals surface area (Å²) in [4.78, 5) is 2.33. The van der Waals surface area contributed by atoms with Gasteiger partial charge in [-0.15, -0.1) is 0 Å². The number of hydrogen-bond acceptors (Lipinski definition) is 5. The second-order valence-corrected chi connectivity index (χ2v) is 14.4. The number of aryl methyl sites for hydroxylation is 1. The molecule has 0 radical (unpaired) electrons. The van der Waals surface area contributed by atoms with Crippen molar-refractivity contribution in [1.82, 2.24) is 0 Å². The van der Waals surface area contributed by atoms with Crippen LogP contribution in [0.25, 0.3) is 12.2 Å². The van der Waals surface area contributed by atoms with Crippen LogP contribution in [0.5, 0.6) is 0 Å². The number of rotatable bonds is 24. The van der Waals surface area contributed by atoms with E-state index in [1.165, 1.54) is 145 Å². The Labute approximate surface area is 313 Å². The molecule has 1 saturated heterocycles. The van der Waals surface area contributed by atoms with Crippen LogP contribution in [0.1, 0.15) is 146 Å². The number of anilines is 1. The third-order valence-corrected chi connectivity index (χ3v) is 10.0. The predicted octanol–water partition coefficient (Wildman–Crippen LogP) is 10.9. The van der Waals surface area contributed by atoms with Gasteiger partial charge in [-0.3, -0.25) is 0 Å². The highest BCUT2D eigenvalue weighted by atomic mass is 16.6. The molecule has 0 N–H and O–H groups in total. The third-order valence-electron chi connectivity index (χ3n) is 10.0. The molecule has 6 nitrogen and oxygen atoms in total. The lowest BCUT2D eigenvalue weighted by atomic mass is 10.0. The van der Waals surface area contributed by atoms with Crippen LogP contribution in [-0.2, 0) is 25.5 Å². The van der Waals surface area contributed by atoms with Crippen LogP contribution in [-0.4, -0.2) is 65.9 Å². The molecule has 0 bridgehead atoms. The molecule has 2 aromatic rings. The molecule has 51 heavy (non-hydrogen) atoms. The van der Waals surface area contributed by atoms with E-state index in [1.54, 1.807) is 0 Å². The molecule has 0 spiro atoms. The minimum atomic E-state index is 0.597. The molecule has 0 aliphatic carbocycles. The summed E-state index contributed by atoms with van der Waals surface area (Å²) >= 11 is 0. The smallest absolute Gasteiger partial charge is 0.169 e. The Morgan fingerprint density at radius 2 is 0.804 bits per heavy atom. The zero-order valence-corrected chi connectivity index (χ0v) is 32.7. The van der Waals surface area contributed by atoms with Crippen molar-refractivity contribution in [2.45, 2.75) is 142 Å². The van der Waals surface area contributed by atoms with Gasteiger partial charge in [0, 0.05) is 37.3 Å². The topological polar surface area (TPSA) is 44.0 Å². The van der Waals surface area contributed by atoms with Crippen LogP contribution < -0.4 is 9.47 Å². The molecular weight excluding hydrogens is 633 g/mol. The Balaban J connectivity index is 1.19. The van der Waals surface area contributed by atoms with E-state index in [9.17, 15) is 0 Å². The zero-order valence-electron chi connectivity index (χ0n) is 32.7. The molecular formula is C45H75N2O4+. The predicted molar refractivity (Wildman–Crippen MR) is 216 cm³/mol. The Morgan fingerprint density at radius 1 is 0.451 bits per heavy atom. The lowest BCUT2D eigenvalue weighted by molar-refractivity contribution is -0.697. The van der Waals surface area contributed by atoms with Gasteiger partial charge in [-0.05, 0) is 29.7 Å². The summed E-state index contributed by atoms with van der Waals surface area (Å²) in [5.41, 5.74) is 3.61. The van der Waals surface area contributed by atoms with Crippen molar-refractivity contribution in [2.75, 3.05) is 70.8 Å². The minimum absolute atomic E-state index is 0.597. The van der Waals surface area contributed by atoms with Crippen LogP contribution in [0.3, 0.4) is 0 Å². The Kier molecular flexibility index (Phi) is 26.5. The number of pyridine rings is 1. The first kappa shape index (κ1) is 43.2. The van der Waals surface area contributed by atoms with Gasteiger partial charge in [0.15, 0.2) is 12.4 Å². The number of nitrogens with zero attached hydrogens (tertiary/aromatic N) is 2. The van der Waals surface area contributed by atoms with Crippen molar-refractivity contribution in [3.63, 3.8) is 0 Å². The summed E-state index contributed by atoms with van der Waals surface area (Å²) in [5.74, 6) is 0. The van der Waals surface area contributed by atoms with Gasteiger partial charge >= 0.3 is 0 Å². The fourth-order valence-electron chi connectivity index (χ4n) is 6.75. The molecule has 1 aromatic heterocycles. The third kappa shape index (κ3) is 23.1. The van der Waals surface area contributed by atoms with E-state index in [0.717, 1.165) is 19.6 Å². The Bertz CT molecular complexity index is 1060. The average molecular weight is 708 g/mol. The van der Waals surface area contributed by atoms with Crippen LogP contribution in [0.15, 0.2) is 48.8 Å². The fourth-order valence-corrected chi connectivity index (χ4v) is 6.75. The fraction of sp³-hybridized carbons (Fsp3) is 0.711. The molecule has 0 unspecified atom stereocenters. The SMILES string of the molecule is CCCCCCCCCCCCCCCCCCCCCC[n+]1ccc(/C=C/c2ccc(N3CCOCCOCCOCCOCC3)cc2)cc1. The van der Waals surface area contributed by atoms with Crippen LogP contribution in [0, 0.1) is 0 Å².